The lowest BCUT2D eigenvalue weighted by Gasteiger charge is -2.32. The van der Waals surface area contributed by atoms with Crippen LogP contribution in [0.5, 0.6) is 0 Å². The van der Waals surface area contributed by atoms with Crippen LogP contribution in [0.25, 0.3) is 0 Å². The summed E-state index contributed by atoms with van der Waals surface area (Å²) >= 11 is 0. The zero-order chi connectivity index (χ0) is 15.2. The maximum absolute atomic E-state index is 12.3. The Morgan fingerprint density at radius 2 is 2.05 bits per heavy atom. The standard InChI is InChI=1S/C18H28N2O/c1-14-8-7-11-20(13-14)18(21)12-19-16(3)15(2)17-9-5-4-6-10-17/h4-6,9-10,14-16,19H,7-8,11-13H2,1-3H3/t14-,15-,16-/m1/s1. The van der Waals surface area contributed by atoms with Crippen LogP contribution in [0.1, 0.15) is 45.1 Å². The van der Waals surface area contributed by atoms with Gasteiger partial charge in [0.05, 0.1) is 6.54 Å². The number of likely N-dealkylation sites (tertiary alicyclic amines) is 1. The number of rotatable bonds is 5. The number of carbonyl (C=O) groups excluding carboxylic acids is 1. The van der Waals surface area contributed by atoms with E-state index in [0.717, 1.165) is 19.5 Å². The Labute approximate surface area is 128 Å². The van der Waals surface area contributed by atoms with Crippen molar-refractivity contribution in [3.63, 3.8) is 0 Å². The van der Waals surface area contributed by atoms with Crippen LogP contribution in [0.15, 0.2) is 30.3 Å². The molecule has 1 fully saturated rings. The van der Waals surface area contributed by atoms with Crippen molar-refractivity contribution in [2.75, 3.05) is 19.6 Å². The molecule has 1 N–H and O–H groups in total. The van der Waals surface area contributed by atoms with E-state index in [9.17, 15) is 4.79 Å². The molecular weight excluding hydrogens is 260 g/mol. The van der Waals surface area contributed by atoms with Gasteiger partial charge in [0.15, 0.2) is 0 Å². The second kappa shape index (κ2) is 7.60. The van der Waals surface area contributed by atoms with Crippen molar-refractivity contribution < 1.29 is 4.79 Å². The van der Waals surface area contributed by atoms with Gasteiger partial charge in [0.25, 0.3) is 0 Å². The van der Waals surface area contributed by atoms with Crippen molar-refractivity contribution in [1.29, 1.82) is 0 Å². The van der Waals surface area contributed by atoms with E-state index in [1.54, 1.807) is 0 Å². The fourth-order valence-corrected chi connectivity index (χ4v) is 3.00. The minimum Gasteiger partial charge on any atom is -0.341 e. The van der Waals surface area contributed by atoms with Crippen molar-refractivity contribution in [2.24, 2.45) is 5.92 Å². The van der Waals surface area contributed by atoms with E-state index in [-0.39, 0.29) is 5.91 Å². The van der Waals surface area contributed by atoms with Gasteiger partial charge in [0, 0.05) is 19.1 Å². The molecule has 0 aromatic heterocycles. The first-order valence-electron chi connectivity index (χ1n) is 8.14. The van der Waals surface area contributed by atoms with E-state index in [0.29, 0.717) is 24.4 Å². The monoisotopic (exact) mass is 288 g/mol. The number of benzene rings is 1. The Balaban J connectivity index is 1.80. The summed E-state index contributed by atoms with van der Waals surface area (Å²) < 4.78 is 0. The number of piperidine rings is 1. The average Bonchev–Trinajstić information content (AvgIpc) is 2.52. The molecule has 0 bridgehead atoms. The van der Waals surface area contributed by atoms with Gasteiger partial charge in [0.1, 0.15) is 0 Å². The molecule has 0 radical (unpaired) electrons. The highest BCUT2D eigenvalue weighted by Gasteiger charge is 2.22. The highest BCUT2D eigenvalue weighted by atomic mass is 16.2. The van der Waals surface area contributed by atoms with Crippen LogP contribution in [0.3, 0.4) is 0 Å². The predicted molar refractivity (Wildman–Crippen MR) is 87.3 cm³/mol. The van der Waals surface area contributed by atoms with E-state index in [2.05, 4.69) is 50.4 Å². The molecule has 1 amide bonds. The van der Waals surface area contributed by atoms with Crippen LogP contribution >= 0.6 is 0 Å². The van der Waals surface area contributed by atoms with Gasteiger partial charge in [-0.05, 0) is 37.2 Å². The molecule has 116 valence electrons. The molecule has 0 saturated carbocycles. The molecule has 1 heterocycles. The molecular formula is C18H28N2O. The van der Waals surface area contributed by atoms with Crippen LogP contribution in [0.2, 0.25) is 0 Å². The van der Waals surface area contributed by atoms with Crippen molar-refractivity contribution in [2.45, 2.75) is 45.6 Å². The van der Waals surface area contributed by atoms with E-state index in [1.807, 2.05) is 11.0 Å². The topological polar surface area (TPSA) is 32.3 Å². The second-order valence-corrected chi connectivity index (χ2v) is 6.46. The Morgan fingerprint density at radius 1 is 1.33 bits per heavy atom. The zero-order valence-corrected chi connectivity index (χ0v) is 13.5. The first kappa shape index (κ1) is 16.0. The van der Waals surface area contributed by atoms with Gasteiger partial charge in [-0.2, -0.15) is 0 Å². The molecule has 21 heavy (non-hydrogen) atoms. The Kier molecular flexibility index (Phi) is 5.80. The minimum atomic E-state index is 0.244. The zero-order valence-electron chi connectivity index (χ0n) is 13.5. The number of nitrogens with one attached hydrogen (secondary N) is 1. The summed E-state index contributed by atoms with van der Waals surface area (Å²) in [6.07, 6.45) is 2.39. The summed E-state index contributed by atoms with van der Waals surface area (Å²) in [6.45, 7) is 8.89. The quantitative estimate of drug-likeness (QED) is 0.903. The fourth-order valence-electron chi connectivity index (χ4n) is 3.00. The van der Waals surface area contributed by atoms with Gasteiger partial charge in [-0.15, -0.1) is 0 Å². The van der Waals surface area contributed by atoms with Gasteiger partial charge in [-0.1, -0.05) is 44.2 Å². The summed E-state index contributed by atoms with van der Waals surface area (Å²) in [4.78, 5) is 14.3. The third kappa shape index (κ3) is 4.57. The van der Waals surface area contributed by atoms with Gasteiger partial charge in [-0.3, -0.25) is 4.79 Å². The fraction of sp³-hybridized carbons (Fsp3) is 0.611. The second-order valence-electron chi connectivity index (χ2n) is 6.46. The summed E-state index contributed by atoms with van der Waals surface area (Å²) in [6, 6.07) is 10.8. The lowest BCUT2D eigenvalue weighted by Crippen LogP contribution is -2.45. The van der Waals surface area contributed by atoms with Crippen molar-refractivity contribution in [3.8, 4) is 0 Å². The van der Waals surface area contributed by atoms with Gasteiger partial charge < -0.3 is 10.2 Å². The van der Waals surface area contributed by atoms with Crippen molar-refractivity contribution >= 4 is 5.91 Å². The Bertz CT molecular complexity index is 446. The number of carbonyl (C=O) groups is 1. The summed E-state index contributed by atoms with van der Waals surface area (Å²) in [5, 5.41) is 3.40. The molecule has 3 heteroatoms. The van der Waals surface area contributed by atoms with E-state index >= 15 is 0 Å². The van der Waals surface area contributed by atoms with Crippen molar-refractivity contribution in [1.82, 2.24) is 10.2 Å². The third-order valence-corrected chi connectivity index (χ3v) is 4.66. The van der Waals surface area contributed by atoms with Gasteiger partial charge in [-0.25, -0.2) is 0 Å². The molecule has 1 aliphatic rings. The molecule has 1 aromatic rings. The van der Waals surface area contributed by atoms with Crippen molar-refractivity contribution in [3.05, 3.63) is 35.9 Å². The highest BCUT2D eigenvalue weighted by molar-refractivity contribution is 5.78. The summed E-state index contributed by atoms with van der Waals surface area (Å²) in [5.74, 6) is 1.29. The van der Waals surface area contributed by atoms with Crippen LogP contribution < -0.4 is 5.32 Å². The Morgan fingerprint density at radius 3 is 2.71 bits per heavy atom. The van der Waals surface area contributed by atoms with E-state index in [4.69, 9.17) is 0 Å². The predicted octanol–water partition coefficient (Wildman–Crippen LogP) is 3.03. The lowest BCUT2D eigenvalue weighted by atomic mass is 9.94. The molecule has 2 rings (SSSR count). The first-order chi connectivity index (χ1) is 10.1. The molecule has 0 aliphatic carbocycles. The molecule has 3 atom stereocenters. The maximum Gasteiger partial charge on any atom is 0.236 e. The summed E-state index contributed by atoms with van der Waals surface area (Å²) in [5.41, 5.74) is 1.32. The normalized spacial score (nSPS) is 21.9. The molecule has 3 nitrogen and oxygen atoms in total. The number of amides is 1. The van der Waals surface area contributed by atoms with Crippen LogP contribution in [0, 0.1) is 5.92 Å². The first-order valence-corrected chi connectivity index (χ1v) is 8.14. The molecule has 1 aliphatic heterocycles. The van der Waals surface area contributed by atoms with Gasteiger partial charge in [0.2, 0.25) is 5.91 Å². The Hall–Kier alpha value is -1.35. The maximum atomic E-state index is 12.3. The van der Waals surface area contributed by atoms with Crippen LogP contribution in [-0.2, 0) is 4.79 Å². The minimum absolute atomic E-state index is 0.244. The van der Waals surface area contributed by atoms with Crippen LogP contribution in [-0.4, -0.2) is 36.5 Å². The lowest BCUT2D eigenvalue weighted by molar-refractivity contribution is -0.132. The number of nitrogens with zero attached hydrogens (tertiary/aromatic N) is 1. The largest absolute Gasteiger partial charge is 0.341 e. The van der Waals surface area contributed by atoms with E-state index in [1.165, 1.54) is 12.0 Å². The summed E-state index contributed by atoms with van der Waals surface area (Å²) in [7, 11) is 0. The van der Waals surface area contributed by atoms with Crippen LogP contribution in [0.4, 0.5) is 0 Å². The highest BCUT2D eigenvalue weighted by Crippen LogP contribution is 2.19. The number of hydrogen-bond acceptors (Lipinski definition) is 2. The average molecular weight is 288 g/mol. The number of hydrogen-bond donors (Lipinski definition) is 1. The molecule has 1 aromatic carbocycles. The molecule has 0 unspecified atom stereocenters. The smallest absolute Gasteiger partial charge is 0.236 e. The molecule has 1 saturated heterocycles. The van der Waals surface area contributed by atoms with Gasteiger partial charge >= 0.3 is 0 Å². The van der Waals surface area contributed by atoms with E-state index < -0.39 is 0 Å². The SMILES string of the molecule is C[C@@H]1CCCN(C(=O)CN[C@H](C)[C@@H](C)c2ccccc2)C1. The third-order valence-electron chi connectivity index (χ3n) is 4.66. The molecule has 0 spiro atoms.